The molecule has 92 valence electrons. The van der Waals surface area contributed by atoms with Crippen LogP contribution in [-0.2, 0) is 4.74 Å². The Morgan fingerprint density at radius 3 is 2.28 bits per heavy atom. The first-order valence-corrected chi connectivity index (χ1v) is 5.41. The molecule has 4 nitrogen and oxygen atoms in total. The van der Waals surface area contributed by atoms with Crippen LogP contribution < -0.4 is 0 Å². The number of hydrogen-bond donors (Lipinski definition) is 0. The smallest absolute Gasteiger partial charge is 0.373 e. The first kappa shape index (κ1) is 12.1. The van der Waals surface area contributed by atoms with E-state index in [1.807, 2.05) is 0 Å². The minimum Gasteiger partial charge on any atom is -0.463 e. The van der Waals surface area contributed by atoms with E-state index in [9.17, 15) is 9.59 Å². The van der Waals surface area contributed by atoms with Crippen LogP contribution >= 0.6 is 0 Å². The van der Waals surface area contributed by atoms with Crippen molar-refractivity contribution in [2.24, 2.45) is 0 Å². The Kier molecular flexibility index (Phi) is 3.28. The summed E-state index contributed by atoms with van der Waals surface area (Å²) >= 11 is 0. The van der Waals surface area contributed by atoms with E-state index in [2.05, 4.69) is 4.74 Å². The molecular weight excluding hydrogens is 232 g/mol. The summed E-state index contributed by atoms with van der Waals surface area (Å²) in [6.07, 6.45) is 0. The first-order chi connectivity index (χ1) is 8.61. The molecule has 0 atom stereocenters. The number of methoxy groups -OCH3 is 1. The van der Waals surface area contributed by atoms with E-state index in [1.165, 1.54) is 14.0 Å². The van der Waals surface area contributed by atoms with Gasteiger partial charge in [-0.05, 0) is 19.1 Å². The van der Waals surface area contributed by atoms with Crippen LogP contribution in [0.1, 0.15) is 27.8 Å². The molecule has 0 saturated heterocycles. The van der Waals surface area contributed by atoms with Crippen molar-refractivity contribution in [3.63, 3.8) is 0 Å². The highest BCUT2D eigenvalue weighted by Crippen LogP contribution is 2.23. The number of Topliss-reactive ketones (excluding diaryl/α,β-unsaturated/α-hetero) is 1. The lowest BCUT2D eigenvalue weighted by Gasteiger charge is -1.99. The molecule has 0 saturated carbocycles. The Balaban J connectivity index is 2.29. The molecule has 4 heteroatoms. The lowest BCUT2D eigenvalue weighted by Crippen LogP contribution is -1.98. The topological polar surface area (TPSA) is 56.5 Å². The fraction of sp³-hybridized carbons (Fsp3) is 0.143. The Morgan fingerprint density at radius 1 is 1.06 bits per heavy atom. The zero-order valence-electron chi connectivity index (χ0n) is 10.1. The van der Waals surface area contributed by atoms with Crippen LogP contribution in [0.5, 0.6) is 0 Å². The van der Waals surface area contributed by atoms with Crippen LogP contribution in [0, 0.1) is 0 Å². The minimum atomic E-state index is -0.512. The predicted molar refractivity (Wildman–Crippen MR) is 65.5 cm³/mol. The van der Waals surface area contributed by atoms with E-state index in [0.29, 0.717) is 11.3 Å². The molecule has 0 radical (unpaired) electrons. The maximum Gasteiger partial charge on any atom is 0.373 e. The monoisotopic (exact) mass is 244 g/mol. The van der Waals surface area contributed by atoms with Gasteiger partial charge < -0.3 is 9.15 Å². The van der Waals surface area contributed by atoms with Gasteiger partial charge >= 0.3 is 5.97 Å². The molecule has 0 amide bonds. The molecule has 0 fully saturated rings. The van der Waals surface area contributed by atoms with Gasteiger partial charge in [0.25, 0.3) is 0 Å². The average molecular weight is 244 g/mol. The summed E-state index contributed by atoms with van der Waals surface area (Å²) in [5, 5.41) is 0. The molecule has 0 bridgehead atoms. The van der Waals surface area contributed by atoms with Gasteiger partial charge in [-0.3, -0.25) is 4.79 Å². The summed E-state index contributed by atoms with van der Waals surface area (Å²) in [5.74, 6) is 0.214. The van der Waals surface area contributed by atoms with Crippen molar-refractivity contribution >= 4 is 11.8 Å². The van der Waals surface area contributed by atoms with Crippen LogP contribution in [0.15, 0.2) is 40.8 Å². The van der Waals surface area contributed by atoms with Crippen molar-refractivity contribution in [2.45, 2.75) is 6.92 Å². The number of esters is 1. The van der Waals surface area contributed by atoms with E-state index in [1.54, 1.807) is 36.4 Å². The lowest BCUT2D eigenvalue weighted by atomic mass is 10.1. The number of ether oxygens (including phenoxy) is 1. The van der Waals surface area contributed by atoms with Gasteiger partial charge in [-0.25, -0.2) is 4.79 Å². The van der Waals surface area contributed by atoms with Crippen LogP contribution in [0.3, 0.4) is 0 Å². The molecule has 0 unspecified atom stereocenters. The Bertz CT molecular complexity index is 578. The SMILES string of the molecule is COC(=O)c1ccc(-c2ccc(C(C)=O)cc2)o1. The average Bonchev–Trinajstić information content (AvgIpc) is 2.87. The maximum atomic E-state index is 11.2. The van der Waals surface area contributed by atoms with E-state index < -0.39 is 5.97 Å². The summed E-state index contributed by atoms with van der Waals surface area (Å²) in [6.45, 7) is 1.51. The summed E-state index contributed by atoms with van der Waals surface area (Å²) in [4.78, 5) is 22.4. The quantitative estimate of drug-likeness (QED) is 0.615. The van der Waals surface area contributed by atoms with Crippen LogP contribution in [0.2, 0.25) is 0 Å². The molecule has 1 aromatic carbocycles. The summed E-state index contributed by atoms with van der Waals surface area (Å²) in [6, 6.07) is 10.2. The summed E-state index contributed by atoms with van der Waals surface area (Å²) in [5.41, 5.74) is 1.44. The van der Waals surface area contributed by atoms with Gasteiger partial charge in [-0.2, -0.15) is 0 Å². The fourth-order valence-electron chi connectivity index (χ4n) is 1.57. The van der Waals surface area contributed by atoms with Crippen LogP contribution in [0.4, 0.5) is 0 Å². The molecule has 0 spiro atoms. The van der Waals surface area contributed by atoms with Gasteiger partial charge in [0.2, 0.25) is 5.76 Å². The second-order valence-corrected chi connectivity index (χ2v) is 3.79. The van der Waals surface area contributed by atoms with Crippen LogP contribution in [-0.4, -0.2) is 18.9 Å². The molecule has 0 N–H and O–H groups in total. The molecule has 2 rings (SSSR count). The maximum absolute atomic E-state index is 11.2. The largest absolute Gasteiger partial charge is 0.463 e. The number of rotatable bonds is 3. The molecular formula is C14H12O4. The van der Waals surface area contributed by atoms with Crippen molar-refractivity contribution in [1.29, 1.82) is 0 Å². The Labute approximate surface area is 104 Å². The normalized spacial score (nSPS) is 10.1. The van der Waals surface area contributed by atoms with Crippen molar-refractivity contribution in [3.05, 3.63) is 47.7 Å². The zero-order valence-corrected chi connectivity index (χ0v) is 10.1. The van der Waals surface area contributed by atoms with Crippen molar-refractivity contribution in [1.82, 2.24) is 0 Å². The van der Waals surface area contributed by atoms with Gasteiger partial charge in [0.15, 0.2) is 5.78 Å². The van der Waals surface area contributed by atoms with E-state index in [0.717, 1.165) is 5.56 Å². The number of benzene rings is 1. The molecule has 0 aliphatic rings. The van der Waals surface area contributed by atoms with Crippen LogP contribution in [0.25, 0.3) is 11.3 Å². The van der Waals surface area contributed by atoms with Crippen molar-refractivity contribution in [2.75, 3.05) is 7.11 Å². The Hall–Kier alpha value is -2.36. The minimum absolute atomic E-state index is 0.0104. The van der Waals surface area contributed by atoms with Gasteiger partial charge in [0.05, 0.1) is 7.11 Å². The zero-order chi connectivity index (χ0) is 13.1. The number of carbonyl (C=O) groups is 2. The van der Waals surface area contributed by atoms with Gasteiger partial charge in [-0.15, -0.1) is 0 Å². The third-order valence-corrected chi connectivity index (χ3v) is 2.57. The van der Waals surface area contributed by atoms with E-state index in [4.69, 9.17) is 4.42 Å². The number of hydrogen-bond acceptors (Lipinski definition) is 4. The standard InChI is InChI=1S/C14H12O4/c1-9(15)10-3-5-11(6-4-10)12-7-8-13(18-12)14(16)17-2/h3-8H,1-2H3. The van der Waals surface area contributed by atoms with E-state index in [-0.39, 0.29) is 11.5 Å². The predicted octanol–water partition coefficient (Wildman–Crippen LogP) is 2.94. The third-order valence-electron chi connectivity index (χ3n) is 2.57. The van der Waals surface area contributed by atoms with Crippen molar-refractivity contribution in [3.8, 4) is 11.3 Å². The number of ketones is 1. The Morgan fingerprint density at radius 2 is 1.72 bits per heavy atom. The second kappa shape index (κ2) is 4.87. The number of furan rings is 1. The molecule has 1 heterocycles. The fourth-order valence-corrected chi connectivity index (χ4v) is 1.57. The third kappa shape index (κ3) is 2.32. The highest BCUT2D eigenvalue weighted by atomic mass is 16.5. The van der Waals surface area contributed by atoms with Crippen molar-refractivity contribution < 1.29 is 18.7 Å². The molecule has 1 aromatic heterocycles. The second-order valence-electron chi connectivity index (χ2n) is 3.79. The molecule has 0 aliphatic heterocycles. The van der Waals surface area contributed by atoms with Gasteiger partial charge in [-0.1, -0.05) is 24.3 Å². The highest BCUT2D eigenvalue weighted by Gasteiger charge is 2.12. The highest BCUT2D eigenvalue weighted by molar-refractivity contribution is 5.94. The number of carbonyl (C=O) groups excluding carboxylic acids is 2. The van der Waals surface area contributed by atoms with Gasteiger partial charge in [0.1, 0.15) is 5.76 Å². The van der Waals surface area contributed by atoms with Gasteiger partial charge in [0, 0.05) is 11.1 Å². The lowest BCUT2D eigenvalue weighted by molar-refractivity contribution is 0.0566. The summed E-state index contributed by atoms with van der Waals surface area (Å²) in [7, 11) is 1.30. The molecule has 0 aliphatic carbocycles. The van der Waals surface area contributed by atoms with E-state index >= 15 is 0 Å². The molecule has 18 heavy (non-hydrogen) atoms. The summed E-state index contributed by atoms with van der Waals surface area (Å²) < 4.78 is 9.92. The first-order valence-electron chi connectivity index (χ1n) is 5.41. The molecule has 2 aromatic rings.